The molecular formula is C26H28NO2P. The normalized spacial score (nSPS) is 25.9. The van der Waals surface area contributed by atoms with Gasteiger partial charge in [-0.05, 0) is 61.4 Å². The predicted molar refractivity (Wildman–Crippen MR) is 123 cm³/mol. The molecule has 1 saturated heterocycles. The van der Waals surface area contributed by atoms with E-state index in [0.717, 1.165) is 35.4 Å². The van der Waals surface area contributed by atoms with Crippen LogP contribution in [0.25, 0.3) is 0 Å². The molecular weight excluding hydrogens is 389 g/mol. The van der Waals surface area contributed by atoms with Gasteiger partial charge in [-0.25, -0.2) is 4.67 Å². The second-order valence-corrected chi connectivity index (χ2v) is 11.7. The van der Waals surface area contributed by atoms with Crippen molar-refractivity contribution in [1.82, 2.24) is 4.67 Å². The molecule has 1 aliphatic carbocycles. The van der Waals surface area contributed by atoms with Gasteiger partial charge < -0.3 is 5.11 Å². The molecule has 154 valence electrons. The Hall–Kier alpha value is -2.19. The molecule has 1 heterocycles. The van der Waals surface area contributed by atoms with Crippen molar-refractivity contribution in [3.63, 3.8) is 0 Å². The van der Waals surface area contributed by atoms with Crippen LogP contribution in [0.15, 0.2) is 91.0 Å². The van der Waals surface area contributed by atoms with Crippen LogP contribution in [0.3, 0.4) is 0 Å². The third-order valence-corrected chi connectivity index (χ3v) is 10.4. The summed E-state index contributed by atoms with van der Waals surface area (Å²) >= 11 is 0. The molecule has 1 aliphatic heterocycles. The van der Waals surface area contributed by atoms with Gasteiger partial charge in [-0.15, -0.1) is 0 Å². The van der Waals surface area contributed by atoms with E-state index in [4.69, 9.17) is 0 Å². The molecule has 2 aliphatic rings. The minimum atomic E-state index is -3.12. The lowest BCUT2D eigenvalue weighted by Gasteiger charge is -2.51. The molecule has 30 heavy (non-hydrogen) atoms. The molecule has 2 fully saturated rings. The molecule has 4 heteroatoms. The van der Waals surface area contributed by atoms with Crippen molar-refractivity contribution >= 4 is 17.9 Å². The molecule has 2 atom stereocenters. The highest BCUT2D eigenvalue weighted by Gasteiger charge is 2.61. The lowest BCUT2D eigenvalue weighted by molar-refractivity contribution is -0.0603. The first-order valence-electron chi connectivity index (χ1n) is 10.7. The Morgan fingerprint density at radius 3 is 1.77 bits per heavy atom. The number of piperidine rings is 1. The van der Waals surface area contributed by atoms with Crippen molar-refractivity contribution < 1.29 is 9.67 Å². The fourth-order valence-electron chi connectivity index (χ4n) is 5.25. The van der Waals surface area contributed by atoms with E-state index in [9.17, 15) is 5.11 Å². The summed E-state index contributed by atoms with van der Waals surface area (Å²) in [6.45, 7) is 2.57. The van der Waals surface area contributed by atoms with Gasteiger partial charge in [0.25, 0.3) is 0 Å². The first-order chi connectivity index (χ1) is 14.5. The Labute approximate surface area is 178 Å². The molecule has 5 rings (SSSR count). The highest BCUT2D eigenvalue weighted by molar-refractivity contribution is 7.76. The maximum Gasteiger partial charge on any atom is 0.207 e. The van der Waals surface area contributed by atoms with Gasteiger partial charge in [-0.2, -0.15) is 0 Å². The van der Waals surface area contributed by atoms with E-state index in [0.29, 0.717) is 6.54 Å². The number of aliphatic hydroxyl groups is 1. The monoisotopic (exact) mass is 417 g/mol. The number of β-amino-alcohol motifs (C(OH)–C–C–N with tert-alkyl or cyclic N) is 1. The molecule has 1 N–H and O–H groups in total. The number of benzene rings is 3. The summed E-state index contributed by atoms with van der Waals surface area (Å²) < 4.78 is 17.2. The number of hydrogen-bond acceptors (Lipinski definition) is 2. The van der Waals surface area contributed by atoms with E-state index in [1.807, 2.05) is 91.0 Å². The standard InChI is InChI=1S/C26H28NO2P/c1-21-25(17-18-25)19-26(28,22-11-5-2-6-12-22)20-27(21)30(29,23-13-7-3-8-14-23)24-15-9-4-10-16-24/h2-16,21,28H,17-20H2,1H3/t21-,26?/m0/s1. The Balaban J connectivity index is 1.68. The summed E-state index contributed by atoms with van der Waals surface area (Å²) in [6.07, 6.45) is 2.87. The van der Waals surface area contributed by atoms with Crippen LogP contribution in [0.5, 0.6) is 0 Å². The average molecular weight is 417 g/mol. The van der Waals surface area contributed by atoms with Crippen LogP contribution in [0.2, 0.25) is 0 Å². The third-order valence-electron chi connectivity index (χ3n) is 7.18. The second-order valence-electron chi connectivity index (χ2n) is 8.96. The van der Waals surface area contributed by atoms with Gasteiger partial charge in [0.1, 0.15) is 5.60 Å². The summed E-state index contributed by atoms with van der Waals surface area (Å²) in [7, 11) is -3.12. The molecule has 1 unspecified atom stereocenters. The first-order valence-corrected chi connectivity index (χ1v) is 12.4. The van der Waals surface area contributed by atoms with Crippen LogP contribution in [0.4, 0.5) is 0 Å². The van der Waals surface area contributed by atoms with Crippen molar-refractivity contribution in [2.75, 3.05) is 6.54 Å². The van der Waals surface area contributed by atoms with Gasteiger partial charge in [-0.1, -0.05) is 66.7 Å². The number of hydrogen-bond donors (Lipinski definition) is 1. The highest BCUT2D eigenvalue weighted by atomic mass is 31.2. The Morgan fingerprint density at radius 2 is 1.30 bits per heavy atom. The zero-order valence-electron chi connectivity index (χ0n) is 17.3. The van der Waals surface area contributed by atoms with Crippen molar-refractivity contribution in [2.45, 2.75) is 37.8 Å². The summed E-state index contributed by atoms with van der Waals surface area (Å²) in [6, 6.07) is 29.7. The average Bonchev–Trinajstić information content (AvgIpc) is 3.57. The fraction of sp³-hybridized carbons (Fsp3) is 0.308. The molecule has 0 amide bonds. The van der Waals surface area contributed by atoms with Crippen LogP contribution in [0.1, 0.15) is 31.7 Å². The zero-order chi connectivity index (χ0) is 20.8. The minimum absolute atomic E-state index is 0.0159. The molecule has 3 aromatic rings. The van der Waals surface area contributed by atoms with E-state index < -0.39 is 12.9 Å². The fourth-order valence-corrected chi connectivity index (χ4v) is 8.46. The zero-order valence-corrected chi connectivity index (χ0v) is 18.2. The lowest BCUT2D eigenvalue weighted by Crippen LogP contribution is -2.56. The van der Waals surface area contributed by atoms with Crippen molar-refractivity contribution in [1.29, 1.82) is 0 Å². The molecule has 3 nitrogen and oxygen atoms in total. The van der Waals surface area contributed by atoms with Gasteiger partial charge in [0, 0.05) is 23.2 Å². The maximum atomic E-state index is 15.0. The summed E-state index contributed by atoms with van der Waals surface area (Å²) in [5, 5.41) is 13.6. The number of rotatable bonds is 4. The van der Waals surface area contributed by atoms with Crippen molar-refractivity contribution in [3.8, 4) is 0 Å². The van der Waals surface area contributed by atoms with Crippen LogP contribution < -0.4 is 10.6 Å². The van der Waals surface area contributed by atoms with Gasteiger partial charge in [0.15, 0.2) is 0 Å². The van der Waals surface area contributed by atoms with Crippen LogP contribution in [-0.4, -0.2) is 22.4 Å². The second kappa shape index (κ2) is 7.20. The Kier molecular flexibility index (Phi) is 4.74. The van der Waals surface area contributed by atoms with Gasteiger partial charge in [0.05, 0.1) is 0 Å². The quantitative estimate of drug-likeness (QED) is 0.627. The molecule has 0 bridgehead atoms. The van der Waals surface area contributed by atoms with E-state index in [2.05, 4.69) is 11.6 Å². The number of nitrogens with zero attached hydrogens (tertiary/aromatic N) is 1. The molecule has 1 saturated carbocycles. The van der Waals surface area contributed by atoms with Gasteiger partial charge in [0.2, 0.25) is 7.29 Å². The van der Waals surface area contributed by atoms with E-state index >= 15 is 4.57 Å². The molecule has 3 aromatic carbocycles. The van der Waals surface area contributed by atoms with Crippen LogP contribution in [-0.2, 0) is 10.2 Å². The summed E-state index contributed by atoms with van der Waals surface area (Å²) in [5.41, 5.74) is -0.0770. The largest absolute Gasteiger partial charge is 0.384 e. The molecule has 1 spiro atoms. The van der Waals surface area contributed by atoms with Crippen LogP contribution in [0, 0.1) is 5.41 Å². The summed E-state index contributed by atoms with van der Waals surface area (Å²) in [5.74, 6) is 0. The predicted octanol–water partition coefficient (Wildman–Crippen LogP) is 4.68. The maximum absolute atomic E-state index is 15.0. The van der Waals surface area contributed by atoms with E-state index in [1.54, 1.807) is 0 Å². The first kappa shape index (κ1) is 19.8. The van der Waals surface area contributed by atoms with Crippen LogP contribution >= 0.6 is 7.29 Å². The SMILES string of the molecule is C[C@@H]1N(P(=O)(c2ccccc2)c2ccccc2)CC(O)(c2ccccc2)CC12CC2. The topological polar surface area (TPSA) is 40.5 Å². The van der Waals surface area contributed by atoms with E-state index in [1.165, 1.54) is 0 Å². The van der Waals surface area contributed by atoms with Gasteiger partial charge in [-0.3, -0.25) is 4.57 Å². The molecule has 0 aromatic heterocycles. The van der Waals surface area contributed by atoms with Crippen molar-refractivity contribution in [3.05, 3.63) is 96.6 Å². The Morgan fingerprint density at radius 1 is 0.833 bits per heavy atom. The van der Waals surface area contributed by atoms with E-state index in [-0.39, 0.29) is 11.5 Å². The highest BCUT2D eigenvalue weighted by Crippen LogP contribution is 2.65. The summed E-state index contributed by atoms with van der Waals surface area (Å²) in [4.78, 5) is 0. The Bertz CT molecular complexity index is 1020. The van der Waals surface area contributed by atoms with Gasteiger partial charge >= 0.3 is 0 Å². The smallest absolute Gasteiger partial charge is 0.207 e. The lowest BCUT2D eigenvalue weighted by atomic mass is 9.76. The molecule has 0 radical (unpaired) electrons. The third kappa shape index (κ3) is 3.08. The minimum Gasteiger partial charge on any atom is -0.384 e. The van der Waals surface area contributed by atoms with Crippen molar-refractivity contribution in [2.24, 2.45) is 5.41 Å².